The maximum atomic E-state index is 10.6. The molecule has 0 aromatic carbocycles. The number of hydrogen-bond acceptors (Lipinski definition) is 5. The predicted molar refractivity (Wildman–Crippen MR) is 60.7 cm³/mol. The molecule has 86 valence electrons. The van der Waals surface area contributed by atoms with Gasteiger partial charge in [0.2, 0.25) is 5.88 Å². The number of pyridine rings is 1. The van der Waals surface area contributed by atoms with Crippen molar-refractivity contribution in [2.75, 3.05) is 19.0 Å². The molecule has 0 radical (unpaired) electrons. The first kappa shape index (κ1) is 12.0. The van der Waals surface area contributed by atoms with Crippen molar-refractivity contribution in [1.29, 1.82) is 0 Å². The molecule has 1 aromatic heterocycles. The number of anilines is 1. The van der Waals surface area contributed by atoms with Crippen LogP contribution in [0.3, 0.4) is 0 Å². The maximum absolute atomic E-state index is 10.6. The highest BCUT2D eigenvalue weighted by Crippen LogP contribution is 2.21. The van der Waals surface area contributed by atoms with Gasteiger partial charge in [-0.2, -0.15) is 4.98 Å². The van der Waals surface area contributed by atoms with Crippen molar-refractivity contribution in [3.63, 3.8) is 0 Å². The lowest BCUT2D eigenvalue weighted by atomic mass is 10.4. The minimum atomic E-state index is -0.483. The van der Waals surface area contributed by atoms with E-state index in [-0.39, 0.29) is 11.6 Å². The van der Waals surface area contributed by atoms with Gasteiger partial charge in [-0.3, -0.25) is 10.1 Å². The highest BCUT2D eigenvalue weighted by atomic mass is 16.6. The fourth-order valence-electron chi connectivity index (χ4n) is 1.05. The second kappa shape index (κ2) is 5.69. The first-order chi connectivity index (χ1) is 7.67. The average molecular weight is 223 g/mol. The van der Waals surface area contributed by atoms with Gasteiger partial charge in [0.05, 0.1) is 23.7 Å². The zero-order valence-corrected chi connectivity index (χ0v) is 8.97. The monoisotopic (exact) mass is 223 g/mol. The number of aromatic nitrogens is 1. The van der Waals surface area contributed by atoms with Gasteiger partial charge in [-0.15, -0.1) is 6.58 Å². The van der Waals surface area contributed by atoms with Crippen LogP contribution in [0.5, 0.6) is 5.88 Å². The fraction of sp³-hybridized carbons (Fsp3) is 0.300. The molecule has 1 N–H and O–H groups in total. The molecule has 0 unspecified atom stereocenters. The highest BCUT2D eigenvalue weighted by Gasteiger charge is 2.11. The van der Waals surface area contributed by atoms with E-state index in [1.807, 2.05) is 0 Å². The van der Waals surface area contributed by atoms with Crippen LogP contribution in [-0.4, -0.2) is 23.6 Å². The van der Waals surface area contributed by atoms with E-state index in [4.69, 9.17) is 4.74 Å². The van der Waals surface area contributed by atoms with Crippen LogP contribution in [0.4, 0.5) is 11.5 Å². The summed E-state index contributed by atoms with van der Waals surface area (Å²) < 4.78 is 5.25. The standard InChI is InChI=1S/C10H13N3O3/c1-3-4-5-16-10-7-8(13(14)15)6-9(11-2)12-10/h3,6-7H,1,4-5H2,2H3,(H,11,12). The summed E-state index contributed by atoms with van der Waals surface area (Å²) in [7, 11) is 1.64. The molecule has 0 aliphatic carbocycles. The van der Waals surface area contributed by atoms with E-state index >= 15 is 0 Å². The summed E-state index contributed by atoms with van der Waals surface area (Å²) in [4.78, 5) is 14.2. The van der Waals surface area contributed by atoms with Crippen molar-refractivity contribution >= 4 is 11.5 Å². The van der Waals surface area contributed by atoms with Crippen molar-refractivity contribution in [3.8, 4) is 5.88 Å². The molecule has 1 rings (SSSR count). The molecule has 6 heteroatoms. The summed E-state index contributed by atoms with van der Waals surface area (Å²) >= 11 is 0. The lowest BCUT2D eigenvalue weighted by Crippen LogP contribution is -2.01. The van der Waals surface area contributed by atoms with Crippen molar-refractivity contribution in [2.45, 2.75) is 6.42 Å². The van der Waals surface area contributed by atoms with E-state index in [9.17, 15) is 10.1 Å². The van der Waals surface area contributed by atoms with Crippen LogP contribution in [-0.2, 0) is 0 Å². The van der Waals surface area contributed by atoms with Crippen LogP contribution < -0.4 is 10.1 Å². The first-order valence-corrected chi connectivity index (χ1v) is 4.75. The quantitative estimate of drug-likeness (QED) is 0.345. The zero-order valence-electron chi connectivity index (χ0n) is 8.97. The molecule has 0 amide bonds. The van der Waals surface area contributed by atoms with Crippen molar-refractivity contribution < 1.29 is 9.66 Å². The van der Waals surface area contributed by atoms with Crippen molar-refractivity contribution in [3.05, 3.63) is 34.9 Å². The minimum Gasteiger partial charge on any atom is -0.477 e. The number of ether oxygens (including phenoxy) is 1. The number of rotatable bonds is 6. The summed E-state index contributed by atoms with van der Waals surface area (Å²) in [5.41, 5.74) is -0.0482. The SMILES string of the molecule is C=CCCOc1cc([N+](=O)[O-])cc(NC)n1. The molecule has 0 saturated heterocycles. The first-order valence-electron chi connectivity index (χ1n) is 4.75. The Bertz CT molecular complexity index is 393. The molecule has 6 nitrogen and oxygen atoms in total. The van der Waals surface area contributed by atoms with Gasteiger partial charge in [-0.1, -0.05) is 6.08 Å². The lowest BCUT2D eigenvalue weighted by molar-refractivity contribution is -0.384. The molecule has 16 heavy (non-hydrogen) atoms. The topological polar surface area (TPSA) is 77.3 Å². The summed E-state index contributed by atoms with van der Waals surface area (Å²) in [6.45, 7) is 3.95. The van der Waals surface area contributed by atoms with Gasteiger partial charge in [0, 0.05) is 7.05 Å². The van der Waals surface area contributed by atoms with Crippen molar-refractivity contribution in [2.24, 2.45) is 0 Å². The van der Waals surface area contributed by atoms with Crippen LogP contribution >= 0.6 is 0 Å². The Morgan fingerprint density at radius 1 is 1.69 bits per heavy atom. The Hall–Kier alpha value is -2.11. The highest BCUT2D eigenvalue weighted by molar-refractivity contribution is 5.47. The van der Waals surface area contributed by atoms with E-state index in [0.717, 1.165) is 0 Å². The summed E-state index contributed by atoms with van der Waals surface area (Å²) in [5, 5.41) is 13.4. The Labute approximate surface area is 93.1 Å². The number of nitro groups is 1. The third kappa shape index (κ3) is 3.23. The normalized spacial score (nSPS) is 9.56. The molecule has 0 saturated carbocycles. The Balaban J connectivity index is 2.86. The van der Waals surface area contributed by atoms with Crippen LogP contribution in [0.15, 0.2) is 24.8 Å². The van der Waals surface area contributed by atoms with E-state index in [1.165, 1.54) is 12.1 Å². The van der Waals surface area contributed by atoms with Gasteiger partial charge in [0.1, 0.15) is 5.82 Å². The smallest absolute Gasteiger partial charge is 0.278 e. The Morgan fingerprint density at radius 3 is 3.00 bits per heavy atom. The zero-order chi connectivity index (χ0) is 12.0. The lowest BCUT2D eigenvalue weighted by Gasteiger charge is -2.05. The molecule has 0 atom stereocenters. The maximum Gasteiger partial charge on any atom is 0.278 e. The second-order valence-electron chi connectivity index (χ2n) is 2.98. The molecule has 0 bridgehead atoms. The number of nitrogens with zero attached hydrogens (tertiary/aromatic N) is 2. The molecule has 1 aromatic rings. The van der Waals surface area contributed by atoms with Gasteiger partial charge < -0.3 is 10.1 Å². The van der Waals surface area contributed by atoms with Gasteiger partial charge in [0.15, 0.2) is 0 Å². The number of nitrogens with one attached hydrogen (secondary N) is 1. The molecule has 0 aliphatic rings. The number of hydrogen-bond donors (Lipinski definition) is 1. The van der Waals surface area contributed by atoms with E-state index in [2.05, 4.69) is 16.9 Å². The van der Waals surface area contributed by atoms with Crippen LogP contribution in [0, 0.1) is 10.1 Å². The van der Waals surface area contributed by atoms with Gasteiger partial charge in [-0.25, -0.2) is 0 Å². The average Bonchev–Trinajstić information content (AvgIpc) is 2.29. The molecule has 0 aliphatic heterocycles. The van der Waals surface area contributed by atoms with E-state index in [0.29, 0.717) is 18.8 Å². The largest absolute Gasteiger partial charge is 0.477 e. The Kier molecular flexibility index (Phi) is 4.26. The summed E-state index contributed by atoms with van der Waals surface area (Å²) in [5.74, 6) is 0.642. The van der Waals surface area contributed by atoms with Gasteiger partial charge in [-0.05, 0) is 6.42 Å². The van der Waals surface area contributed by atoms with Gasteiger partial charge in [0.25, 0.3) is 5.69 Å². The minimum absolute atomic E-state index is 0.0482. The fourth-order valence-corrected chi connectivity index (χ4v) is 1.05. The molecule has 1 heterocycles. The van der Waals surface area contributed by atoms with Crippen LogP contribution in [0.2, 0.25) is 0 Å². The van der Waals surface area contributed by atoms with Crippen LogP contribution in [0.1, 0.15) is 6.42 Å². The van der Waals surface area contributed by atoms with Gasteiger partial charge >= 0.3 is 0 Å². The molecule has 0 spiro atoms. The molecule has 0 fully saturated rings. The summed E-state index contributed by atoms with van der Waals surface area (Å²) in [6.07, 6.45) is 2.37. The molecular weight excluding hydrogens is 210 g/mol. The third-order valence-electron chi connectivity index (χ3n) is 1.83. The summed E-state index contributed by atoms with van der Waals surface area (Å²) in [6, 6.07) is 2.64. The Morgan fingerprint density at radius 2 is 2.44 bits per heavy atom. The second-order valence-corrected chi connectivity index (χ2v) is 2.98. The van der Waals surface area contributed by atoms with E-state index < -0.39 is 4.92 Å². The molecular formula is C10H13N3O3. The van der Waals surface area contributed by atoms with E-state index in [1.54, 1.807) is 13.1 Å². The van der Waals surface area contributed by atoms with Crippen molar-refractivity contribution in [1.82, 2.24) is 4.98 Å². The van der Waals surface area contributed by atoms with Crippen LogP contribution in [0.25, 0.3) is 0 Å². The predicted octanol–water partition coefficient (Wildman–Crippen LogP) is 1.99. The third-order valence-corrected chi connectivity index (χ3v) is 1.83.